The quantitative estimate of drug-likeness (QED) is 0.782. The van der Waals surface area contributed by atoms with Gasteiger partial charge in [0, 0.05) is 31.1 Å². The maximum atomic E-state index is 12.8. The molecule has 8 heteroatoms. The molecule has 1 saturated heterocycles. The minimum atomic E-state index is -3.41. The molecule has 1 aromatic rings. The van der Waals surface area contributed by atoms with Gasteiger partial charge in [0.15, 0.2) is 0 Å². The molecule has 2 heterocycles. The minimum Gasteiger partial charge on any atom is -0.320 e. The lowest BCUT2D eigenvalue weighted by Gasteiger charge is -2.25. The van der Waals surface area contributed by atoms with Crippen molar-refractivity contribution in [1.82, 2.24) is 19.4 Å². The number of sulfonamides is 1. The van der Waals surface area contributed by atoms with Crippen molar-refractivity contribution in [2.75, 3.05) is 38.2 Å². The zero-order valence-electron chi connectivity index (χ0n) is 12.9. The highest BCUT2D eigenvalue weighted by molar-refractivity contribution is 7.99. The Hall–Kier alpha value is -0.570. The Balaban J connectivity index is 2.26. The van der Waals surface area contributed by atoms with Crippen molar-refractivity contribution in [1.29, 1.82) is 0 Å². The van der Waals surface area contributed by atoms with Crippen LogP contribution >= 0.6 is 11.8 Å². The molecule has 0 bridgehead atoms. The molecule has 0 aromatic carbocycles. The van der Waals surface area contributed by atoms with Gasteiger partial charge in [-0.1, -0.05) is 0 Å². The van der Waals surface area contributed by atoms with E-state index in [0.29, 0.717) is 23.7 Å². The monoisotopic (exact) mass is 332 g/mol. The van der Waals surface area contributed by atoms with E-state index < -0.39 is 10.0 Å². The van der Waals surface area contributed by atoms with Crippen LogP contribution in [0.1, 0.15) is 17.8 Å². The van der Waals surface area contributed by atoms with Gasteiger partial charge >= 0.3 is 0 Å². The molecule has 0 amide bonds. The van der Waals surface area contributed by atoms with Crippen LogP contribution in [-0.4, -0.2) is 60.7 Å². The smallest absolute Gasteiger partial charge is 0.246 e. The van der Waals surface area contributed by atoms with Crippen molar-refractivity contribution >= 4 is 21.8 Å². The van der Waals surface area contributed by atoms with Crippen molar-refractivity contribution in [3.8, 4) is 0 Å². The number of nitrogens with zero attached hydrogens (tertiary/aromatic N) is 3. The van der Waals surface area contributed by atoms with Crippen LogP contribution in [-0.2, 0) is 16.6 Å². The van der Waals surface area contributed by atoms with Gasteiger partial charge in [0.25, 0.3) is 0 Å². The highest BCUT2D eigenvalue weighted by Gasteiger charge is 2.31. The highest BCUT2D eigenvalue weighted by atomic mass is 32.2. The molecule has 0 aliphatic carbocycles. The summed E-state index contributed by atoms with van der Waals surface area (Å²) >= 11 is 1.80. The van der Waals surface area contributed by atoms with Gasteiger partial charge < -0.3 is 5.32 Å². The van der Waals surface area contributed by atoms with E-state index in [9.17, 15) is 8.42 Å². The van der Waals surface area contributed by atoms with Gasteiger partial charge in [0.05, 0.1) is 11.4 Å². The number of nitrogens with one attached hydrogen (secondary N) is 1. The molecule has 0 radical (unpaired) electrons. The number of thioether (sulfide) groups is 1. The third-order valence-electron chi connectivity index (χ3n) is 3.68. The summed E-state index contributed by atoms with van der Waals surface area (Å²) in [5, 5.41) is 7.51. The standard InChI is InChI=1S/C13H24N4O2S2/c1-11-13(12(2)17(15-11)6-4-5-14-3)21(18,19)16-7-9-20-10-8-16/h14H,4-10H2,1-3H3. The first-order chi connectivity index (χ1) is 9.98. The van der Waals surface area contributed by atoms with Crippen molar-refractivity contribution in [3.63, 3.8) is 0 Å². The van der Waals surface area contributed by atoms with Crippen LogP contribution < -0.4 is 5.32 Å². The number of aromatic nitrogens is 2. The van der Waals surface area contributed by atoms with E-state index >= 15 is 0 Å². The van der Waals surface area contributed by atoms with Gasteiger partial charge in [0.2, 0.25) is 10.0 Å². The first-order valence-corrected chi connectivity index (χ1v) is 9.84. The van der Waals surface area contributed by atoms with Crippen LogP contribution in [0, 0.1) is 13.8 Å². The molecule has 120 valence electrons. The Bertz CT molecular complexity index is 577. The van der Waals surface area contributed by atoms with E-state index in [1.807, 2.05) is 18.7 Å². The first-order valence-electron chi connectivity index (χ1n) is 7.25. The summed E-state index contributed by atoms with van der Waals surface area (Å²) in [4.78, 5) is 0.402. The Labute approximate surface area is 131 Å². The minimum absolute atomic E-state index is 0.402. The maximum absolute atomic E-state index is 12.8. The Kier molecular flexibility index (Phi) is 5.70. The summed E-state index contributed by atoms with van der Waals surface area (Å²) < 4.78 is 29.1. The summed E-state index contributed by atoms with van der Waals surface area (Å²) in [5.74, 6) is 1.74. The van der Waals surface area contributed by atoms with E-state index in [2.05, 4.69) is 10.4 Å². The van der Waals surface area contributed by atoms with E-state index in [1.54, 1.807) is 23.0 Å². The van der Waals surface area contributed by atoms with Gasteiger partial charge in [-0.05, 0) is 33.9 Å². The van der Waals surface area contributed by atoms with Crippen LogP contribution in [0.15, 0.2) is 4.90 Å². The molecule has 6 nitrogen and oxygen atoms in total. The predicted octanol–water partition coefficient (Wildman–Crippen LogP) is 0.847. The van der Waals surface area contributed by atoms with Crippen LogP contribution in [0.4, 0.5) is 0 Å². The zero-order chi connectivity index (χ0) is 15.5. The van der Waals surface area contributed by atoms with Crippen LogP contribution in [0.2, 0.25) is 0 Å². The molecule has 1 aliphatic heterocycles. The lowest BCUT2D eigenvalue weighted by Crippen LogP contribution is -2.38. The zero-order valence-corrected chi connectivity index (χ0v) is 14.6. The Morgan fingerprint density at radius 2 is 1.95 bits per heavy atom. The summed E-state index contributed by atoms with van der Waals surface area (Å²) in [6, 6.07) is 0. The predicted molar refractivity (Wildman–Crippen MR) is 86.3 cm³/mol. The van der Waals surface area contributed by atoms with Gasteiger partial charge in [-0.3, -0.25) is 4.68 Å². The van der Waals surface area contributed by atoms with Gasteiger partial charge in [-0.2, -0.15) is 21.2 Å². The van der Waals surface area contributed by atoms with Crippen molar-refractivity contribution < 1.29 is 8.42 Å². The number of hydrogen-bond acceptors (Lipinski definition) is 5. The van der Waals surface area contributed by atoms with E-state index in [1.165, 1.54) is 0 Å². The van der Waals surface area contributed by atoms with Gasteiger partial charge in [-0.15, -0.1) is 0 Å². The lowest BCUT2D eigenvalue weighted by atomic mass is 10.4. The molecule has 2 rings (SSSR count). The topological polar surface area (TPSA) is 67.2 Å². The molecule has 0 spiro atoms. The fourth-order valence-corrected chi connectivity index (χ4v) is 5.54. The second-order valence-electron chi connectivity index (χ2n) is 5.20. The summed E-state index contributed by atoms with van der Waals surface area (Å²) in [5.41, 5.74) is 1.36. The lowest BCUT2D eigenvalue weighted by molar-refractivity contribution is 0.442. The van der Waals surface area contributed by atoms with Crippen molar-refractivity contribution in [3.05, 3.63) is 11.4 Å². The third kappa shape index (κ3) is 3.61. The fraction of sp³-hybridized carbons (Fsp3) is 0.769. The average molecular weight is 332 g/mol. The summed E-state index contributed by atoms with van der Waals surface area (Å²) in [7, 11) is -1.50. The van der Waals surface area contributed by atoms with E-state index in [-0.39, 0.29) is 0 Å². The molecule has 0 atom stereocenters. The summed E-state index contributed by atoms with van der Waals surface area (Å²) in [6.45, 7) is 6.45. The molecular formula is C13H24N4O2S2. The SMILES string of the molecule is CNCCCn1nc(C)c(S(=O)(=O)N2CCSCC2)c1C. The molecule has 1 aromatic heterocycles. The maximum Gasteiger partial charge on any atom is 0.246 e. The molecule has 21 heavy (non-hydrogen) atoms. The van der Waals surface area contributed by atoms with Gasteiger partial charge in [-0.25, -0.2) is 8.42 Å². The van der Waals surface area contributed by atoms with E-state index in [0.717, 1.165) is 36.7 Å². The van der Waals surface area contributed by atoms with Crippen molar-refractivity contribution in [2.45, 2.75) is 31.7 Å². The number of aryl methyl sites for hydroxylation is 2. The largest absolute Gasteiger partial charge is 0.320 e. The fourth-order valence-electron chi connectivity index (χ4n) is 2.59. The molecule has 1 fully saturated rings. The number of hydrogen-bond donors (Lipinski definition) is 1. The van der Waals surface area contributed by atoms with Crippen molar-refractivity contribution in [2.24, 2.45) is 0 Å². The second-order valence-corrected chi connectivity index (χ2v) is 8.30. The second kappa shape index (κ2) is 7.13. The third-order valence-corrected chi connectivity index (χ3v) is 6.77. The number of rotatable bonds is 6. The highest BCUT2D eigenvalue weighted by Crippen LogP contribution is 2.25. The van der Waals surface area contributed by atoms with Crippen LogP contribution in [0.25, 0.3) is 0 Å². The molecule has 1 aliphatic rings. The molecular weight excluding hydrogens is 308 g/mol. The molecule has 0 saturated carbocycles. The summed E-state index contributed by atoms with van der Waals surface area (Å²) in [6.07, 6.45) is 0.929. The Morgan fingerprint density at radius 3 is 2.57 bits per heavy atom. The van der Waals surface area contributed by atoms with E-state index in [4.69, 9.17) is 0 Å². The first kappa shape index (κ1) is 16.8. The molecule has 0 unspecified atom stereocenters. The molecule has 1 N–H and O–H groups in total. The van der Waals surface area contributed by atoms with Gasteiger partial charge in [0.1, 0.15) is 4.90 Å². The average Bonchev–Trinajstić information content (AvgIpc) is 2.75. The van der Waals surface area contributed by atoms with Crippen LogP contribution in [0.5, 0.6) is 0 Å². The normalized spacial score (nSPS) is 17.3. The van der Waals surface area contributed by atoms with Crippen LogP contribution in [0.3, 0.4) is 0 Å². The Morgan fingerprint density at radius 1 is 1.29 bits per heavy atom.